The van der Waals surface area contributed by atoms with E-state index in [9.17, 15) is 14.7 Å². The lowest BCUT2D eigenvalue weighted by atomic mass is 9.94. The molecular weight excluding hydrogens is 416 g/mol. The van der Waals surface area contributed by atoms with Crippen molar-refractivity contribution < 1.29 is 19.1 Å². The maximum absolute atomic E-state index is 13.4. The average Bonchev–Trinajstić information content (AvgIpc) is 3.27. The van der Waals surface area contributed by atoms with Crippen LogP contribution < -0.4 is 4.90 Å². The average molecular weight is 439 g/mol. The van der Waals surface area contributed by atoms with Crippen molar-refractivity contribution in [2.75, 3.05) is 25.5 Å². The summed E-state index contributed by atoms with van der Waals surface area (Å²) in [7, 11) is 3.87. The van der Waals surface area contributed by atoms with Gasteiger partial charge in [0.1, 0.15) is 5.58 Å². The van der Waals surface area contributed by atoms with Crippen LogP contribution in [0.25, 0.3) is 11.0 Å². The van der Waals surface area contributed by atoms with Crippen LogP contribution >= 0.6 is 11.6 Å². The lowest BCUT2D eigenvalue weighted by molar-refractivity contribution is -0.129. The Kier molecular flexibility index (Phi) is 5.50. The van der Waals surface area contributed by atoms with E-state index in [1.807, 2.05) is 50.2 Å². The first-order valence-electron chi connectivity index (χ1n) is 10.1. The van der Waals surface area contributed by atoms with Gasteiger partial charge in [0.15, 0.2) is 11.5 Å². The molecule has 7 heteroatoms. The molecule has 2 aromatic carbocycles. The van der Waals surface area contributed by atoms with Gasteiger partial charge in [-0.3, -0.25) is 9.59 Å². The number of aliphatic hydroxyl groups excluding tert-OH is 1. The van der Waals surface area contributed by atoms with Crippen LogP contribution in [0.1, 0.15) is 35.5 Å². The van der Waals surface area contributed by atoms with Crippen molar-refractivity contribution in [3.8, 4) is 0 Å². The molecule has 3 aromatic rings. The molecule has 4 rings (SSSR count). The van der Waals surface area contributed by atoms with Crippen LogP contribution in [-0.2, 0) is 4.79 Å². The molecule has 1 unspecified atom stereocenters. The minimum atomic E-state index is -0.687. The van der Waals surface area contributed by atoms with Crippen LogP contribution in [0.3, 0.4) is 0 Å². The molecule has 0 bridgehead atoms. The largest absolute Gasteiger partial charge is 0.503 e. The van der Waals surface area contributed by atoms with Crippen molar-refractivity contribution in [3.63, 3.8) is 0 Å². The number of amides is 1. The van der Waals surface area contributed by atoms with Gasteiger partial charge in [-0.25, -0.2) is 0 Å². The van der Waals surface area contributed by atoms with Gasteiger partial charge in [-0.1, -0.05) is 30.7 Å². The molecule has 0 aliphatic carbocycles. The minimum absolute atomic E-state index is 0.0289. The molecule has 31 heavy (non-hydrogen) atoms. The normalized spacial score (nSPS) is 16.5. The number of halogens is 1. The molecule has 1 aromatic heterocycles. The summed E-state index contributed by atoms with van der Waals surface area (Å²) in [6.07, 6.45) is 0.690. The zero-order chi connectivity index (χ0) is 22.3. The maximum atomic E-state index is 13.4. The van der Waals surface area contributed by atoms with Gasteiger partial charge in [-0.05, 0) is 48.4 Å². The summed E-state index contributed by atoms with van der Waals surface area (Å²) in [5.74, 6) is -1.54. The third kappa shape index (κ3) is 3.68. The van der Waals surface area contributed by atoms with Gasteiger partial charge >= 0.3 is 0 Å². The fourth-order valence-corrected chi connectivity index (χ4v) is 4.10. The fraction of sp³-hybridized carbons (Fsp3) is 0.250. The van der Waals surface area contributed by atoms with Gasteiger partial charge in [-0.2, -0.15) is 0 Å². The quantitative estimate of drug-likeness (QED) is 0.539. The molecule has 1 atom stereocenters. The number of carbonyl (C=O) groups excluding carboxylic acids is 2. The number of furan rings is 1. The summed E-state index contributed by atoms with van der Waals surface area (Å²) in [6, 6.07) is 13.6. The molecule has 1 N–H and O–H groups in total. The second-order valence-corrected chi connectivity index (χ2v) is 8.21. The molecular formula is C24H23ClN2O4. The zero-order valence-corrected chi connectivity index (χ0v) is 18.3. The number of Topliss-reactive ketones (excluding diaryl/α,β-unsaturated/α-hetero) is 1. The molecule has 0 fully saturated rings. The lowest BCUT2D eigenvalue weighted by Crippen LogP contribution is -2.31. The number of nitrogens with zero attached hydrogens (tertiary/aromatic N) is 2. The van der Waals surface area contributed by atoms with E-state index in [0.717, 1.165) is 11.3 Å². The Labute approximate surface area is 185 Å². The van der Waals surface area contributed by atoms with Crippen molar-refractivity contribution in [3.05, 3.63) is 76.2 Å². The van der Waals surface area contributed by atoms with Gasteiger partial charge in [0.25, 0.3) is 5.91 Å². The van der Waals surface area contributed by atoms with Crippen molar-refractivity contribution in [1.29, 1.82) is 0 Å². The van der Waals surface area contributed by atoms with E-state index in [4.69, 9.17) is 16.0 Å². The molecule has 2 heterocycles. The molecule has 1 aliphatic heterocycles. The van der Waals surface area contributed by atoms with Crippen LogP contribution in [-0.4, -0.2) is 42.3 Å². The third-order valence-electron chi connectivity index (χ3n) is 5.44. The van der Waals surface area contributed by atoms with Gasteiger partial charge in [-0.15, -0.1) is 0 Å². The van der Waals surface area contributed by atoms with Crippen LogP contribution in [0.2, 0.25) is 5.02 Å². The van der Waals surface area contributed by atoms with Crippen molar-refractivity contribution in [1.82, 2.24) is 4.90 Å². The summed E-state index contributed by atoms with van der Waals surface area (Å²) < 4.78 is 5.72. The molecule has 0 saturated heterocycles. The third-order valence-corrected chi connectivity index (χ3v) is 5.68. The van der Waals surface area contributed by atoms with Gasteiger partial charge in [0, 0.05) is 36.7 Å². The highest BCUT2D eigenvalue weighted by molar-refractivity contribution is 6.31. The van der Waals surface area contributed by atoms with E-state index in [-0.39, 0.29) is 11.3 Å². The number of rotatable bonds is 6. The Balaban J connectivity index is 1.79. The fourth-order valence-electron chi connectivity index (χ4n) is 3.92. The SMILES string of the molecule is CCCN1C(=O)C(O)=C(C(=O)c2cc3cc(Cl)ccc3o2)C1c1ccc(N(C)C)cc1. The number of aliphatic hydroxyl groups is 1. The Morgan fingerprint density at radius 2 is 1.87 bits per heavy atom. The summed E-state index contributed by atoms with van der Waals surface area (Å²) in [6.45, 7) is 2.36. The molecule has 160 valence electrons. The molecule has 0 saturated carbocycles. The summed E-state index contributed by atoms with van der Waals surface area (Å²) in [5, 5.41) is 11.9. The second-order valence-electron chi connectivity index (χ2n) is 7.77. The first kappa shape index (κ1) is 21.0. The topological polar surface area (TPSA) is 74.0 Å². The first-order chi connectivity index (χ1) is 14.8. The minimum Gasteiger partial charge on any atom is -0.503 e. The summed E-state index contributed by atoms with van der Waals surface area (Å²) in [4.78, 5) is 29.8. The molecule has 1 amide bonds. The van der Waals surface area contributed by atoms with E-state index in [1.54, 1.807) is 24.3 Å². The monoisotopic (exact) mass is 438 g/mol. The molecule has 0 spiro atoms. The van der Waals surface area contributed by atoms with Crippen molar-refractivity contribution in [2.45, 2.75) is 19.4 Å². The highest BCUT2D eigenvalue weighted by Gasteiger charge is 2.44. The zero-order valence-electron chi connectivity index (χ0n) is 17.6. The molecule has 6 nitrogen and oxygen atoms in total. The van der Waals surface area contributed by atoms with E-state index in [2.05, 4.69) is 0 Å². The number of carbonyl (C=O) groups is 2. The standard InChI is InChI=1S/C24H23ClN2O4/c1-4-11-27-21(14-5-8-17(9-6-14)26(2)3)20(23(29)24(27)30)22(28)19-13-15-12-16(25)7-10-18(15)31-19/h5-10,12-13,21,29H,4,11H2,1-3H3. The predicted octanol–water partition coefficient (Wildman–Crippen LogP) is 5.14. The first-order valence-corrected chi connectivity index (χ1v) is 10.4. The maximum Gasteiger partial charge on any atom is 0.290 e. The van der Waals surface area contributed by atoms with Gasteiger partial charge in [0.2, 0.25) is 5.78 Å². The second kappa shape index (κ2) is 8.12. The van der Waals surface area contributed by atoms with Crippen molar-refractivity contribution in [2.24, 2.45) is 0 Å². The van der Waals surface area contributed by atoms with Crippen LogP contribution in [0.15, 0.2) is 64.3 Å². The van der Waals surface area contributed by atoms with E-state index in [1.165, 1.54) is 4.90 Å². The number of ketones is 1. The smallest absolute Gasteiger partial charge is 0.290 e. The van der Waals surface area contributed by atoms with E-state index < -0.39 is 23.5 Å². The number of anilines is 1. The van der Waals surface area contributed by atoms with Crippen LogP contribution in [0.5, 0.6) is 0 Å². The Morgan fingerprint density at radius 3 is 2.52 bits per heavy atom. The number of fused-ring (bicyclic) bond motifs is 1. The van der Waals surface area contributed by atoms with E-state index >= 15 is 0 Å². The summed E-state index contributed by atoms with van der Waals surface area (Å²) in [5.41, 5.74) is 2.28. The predicted molar refractivity (Wildman–Crippen MR) is 121 cm³/mol. The lowest BCUT2D eigenvalue weighted by Gasteiger charge is -2.26. The highest BCUT2D eigenvalue weighted by atomic mass is 35.5. The summed E-state index contributed by atoms with van der Waals surface area (Å²) >= 11 is 6.04. The van der Waals surface area contributed by atoms with Crippen LogP contribution in [0, 0.1) is 0 Å². The van der Waals surface area contributed by atoms with Gasteiger partial charge < -0.3 is 19.3 Å². The molecule has 1 aliphatic rings. The van der Waals surface area contributed by atoms with Crippen LogP contribution in [0.4, 0.5) is 5.69 Å². The Morgan fingerprint density at radius 1 is 1.16 bits per heavy atom. The Bertz CT molecular complexity index is 1190. The number of benzene rings is 2. The van der Waals surface area contributed by atoms with E-state index in [0.29, 0.717) is 29.0 Å². The van der Waals surface area contributed by atoms with Crippen molar-refractivity contribution >= 4 is 39.9 Å². The highest BCUT2D eigenvalue weighted by Crippen LogP contribution is 2.40. The number of hydrogen-bond acceptors (Lipinski definition) is 5. The Hall–Kier alpha value is -3.25. The number of hydrogen-bond donors (Lipinski definition) is 1. The van der Waals surface area contributed by atoms with Gasteiger partial charge in [0.05, 0.1) is 11.6 Å². The molecule has 0 radical (unpaired) electrons.